The smallest absolute Gasteiger partial charge is 0.272 e. The molecule has 0 aromatic carbocycles. The number of nitrogens with one attached hydrogen (secondary N) is 2. The Labute approximate surface area is 96.5 Å². The van der Waals surface area contributed by atoms with Crippen LogP contribution in [-0.2, 0) is 10.0 Å². The zero-order chi connectivity index (χ0) is 11.8. The Morgan fingerprint density at radius 1 is 1.56 bits per heavy atom. The molecule has 0 atom stereocenters. The molecule has 0 amide bonds. The van der Waals surface area contributed by atoms with Gasteiger partial charge >= 0.3 is 0 Å². The van der Waals surface area contributed by atoms with E-state index in [2.05, 4.69) is 14.9 Å². The summed E-state index contributed by atoms with van der Waals surface area (Å²) in [5.41, 5.74) is 6.58. The molecule has 0 spiro atoms. The highest BCUT2D eigenvalue weighted by Gasteiger charge is 2.18. The fourth-order valence-corrected chi connectivity index (χ4v) is 3.12. The third kappa shape index (κ3) is 1.89. The summed E-state index contributed by atoms with van der Waals surface area (Å²) >= 11 is 1.13. The van der Waals surface area contributed by atoms with Gasteiger partial charge in [-0.3, -0.25) is 9.82 Å². The third-order valence-corrected chi connectivity index (χ3v) is 4.72. The van der Waals surface area contributed by atoms with E-state index >= 15 is 0 Å². The van der Waals surface area contributed by atoms with E-state index in [1.807, 2.05) is 0 Å². The van der Waals surface area contributed by atoms with Crippen molar-refractivity contribution in [3.8, 4) is 0 Å². The van der Waals surface area contributed by atoms with E-state index in [1.165, 1.54) is 6.07 Å². The largest absolute Gasteiger partial charge is 0.394 e. The lowest BCUT2D eigenvalue weighted by atomic mass is 10.4. The molecule has 0 aliphatic rings. The molecule has 2 aromatic heterocycles. The van der Waals surface area contributed by atoms with Gasteiger partial charge in [0.05, 0.1) is 11.4 Å². The van der Waals surface area contributed by atoms with Crippen LogP contribution in [0.1, 0.15) is 5.69 Å². The summed E-state index contributed by atoms with van der Waals surface area (Å²) < 4.78 is 26.2. The number of hydrogen-bond donors (Lipinski definition) is 3. The summed E-state index contributed by atoms with van der Waals surface area (Å²) in [4.78, 5) is 0. The van der Waals surface area contributed by atoms with Gasteiger partial charge in [-0.15, -0.1) is 11.3 Å². The Kier molecular flexibility index (Phi) is 2.60. The van der Waals surface area contributed by atoms with E-state index in [0.717, 1.165) is 11.3 Å². The lowest BCUT2D eigenvalue weighted by Gasteiger charge is -2.03. The van der Waals surface area contributed by atoms with Crippen molar-refractivity contribution in [1.29, 1.82) is 0 Å². The Hall–Kier alpha value is -1.54. The van der Waals surface area contributed by atoms with Crippen molar-refractivity contribution in [2.45, 2.75) is 11.1 Å². The minimum absolute atomic E-state index is 0.130. The number of nitrogens with two attached hydrogens (primary N) is 1. The lowest BCUT2D eigenvalue weighted by Crippen LogP contribution is -2.12. The molecule has 86 valence electrons. The molecule has 0 bridgehead atoms. The third-order valence-electron chi connectivity index (χ3n) is 1.99. The molecule has 2 rings (SSSR count). The number of anilines is 2. The highest BCUT2D eigenvalue weighted by molar-refractivity contribution is 7.94. The second-order valence-corrected chi connectivity index (χ2v) is 6.01. The van der Waals surface area contributed by atoms with E-state index in [4.69, 9.17) is 5.73 Å². The SMILES string of the molecule is Cc1[nH]nc(NS(=O)(=O)c2cccs2)c1N. The normalized spacial score (nSPS) is 11.6. The van der Waals surface area contributed by atoms with Crippen molar-refractivity contribution in [3.63, 3.8) is 0 Å². The molecule has 2 heterocycles. The fourth-order valence-electron chi connectivity index (χ4n) is 1.11. The second-order valence-electron chi connectivity index (χ2n) is 3.15. The molecule has 0 fully saturated rings. The molecule has 0 radical (unpaired) electrons. The highest BCUT2D eigenvalue weighted by atomic mass is 32.2. The number of aryl methyl sites for hydroxylation is 1. The topological polar surface area (TPSA) is 101 Å². The van der Waals surface area contributed by atoms with Gasteiger partial charge in [0.1, 0.15) is 4.21 Å². The first-order valence-electron chi connectivity index (χ1n) is 4.37. The van der Waals surface area contributed by atoms with Gasteiger partial charge in [0.25, 0.3) is 10.0 Å². The number of rotatable bonds is 3. The number of aromatic amines is 1. The van der Waals surface area contributed by atoms with Gasteiger partial charge in [0.15, 0.2) is 5.82 Å². The second kappa shape index (κ2) is 3.80. The molecule has 0 saturated heterocycles. The van der Waals surface area contributed by atoms with E-state index in [1.54, 1.807) is 18.4 Å². The standard InChI is InChI=1S/C8H10N4O2S2/c1-5-7(9)8(11-10-5)12-16(13,14)6-3-2-4-15-6/h2-4H,9H2,1H3,(H2,10,11,12). The van der Waals surface area contributed by atoms with Crippen LogP contribution in [0, 0.1) is 6.92 Å². The van der Waals surface area contributed by atoms with Crippen LogP contribution in [0.4, 0.5) is 11.5 Å². The number of thiophene rings is 1. The molecule has 0 saturated carbocycles. The van der Waals surface area contributed by atoms with Crippen molar-refractivity contribution in [3.05, 3.63) is 23.2 Å². The summed E-state index contributed by atoms with van der Waals surface area (Å²) in [6, 6.07) is 3.18. The summed E-state index contributed by atoms with van der Waals surface area (Å²) in [5.74, 6) is 0.130. The van der Waals surface area contributed by atoms with Crippen molar-refractivity contribution in [2.75, 3.05) is 10.5 Å². The number of hydrogen-bond acceptors (Lipinski definition) is 5. The monoisotopic (exact) mass is 258 g/mol. The van der Waals surface area contributed by atoms with Crippen LogP contribution in [0.15, 0.2) is 21.7 Å². The van der Waals surface area contributed by atoms with Crippen LogP contribution in [0.5, 0.6) is 0 Å². The molecule has 0 aliphatic heterocycles. The Morgan fingerprint density at radius 3 is 2.81 bits per heavy atom. The zero-order valence-electron chi connectivity index (χ0n) is 8.39. The van der Waals surface area contributed by atoms with E-state index in [0.29, 0.717) is 11.4 Å². The van der Waals surface area contributed by atoms with Gasteiger partial charge in [-0.2, -0.15) is 5.10 Å². The first-order valence-corrected chi connectivity index (χ1v) is 6.74. The summed E-state index contributed by atoms with van der Waals surface area (Å²) in [6.07, 6.45) is 0. The maximum Gasteiger partial charge on any atom is 0.272 e. The molecule has 8 heteroatoms. The lowest BCUT2D eigenvalue weighted by molar-refractivity contribution is 0.603. The molecular weight excluding hydrogens is 248 g/mol. The minimum atomic E-state index is -3.57. The summed E-state index contributed by atoms with van der Waals surface area (Å²) in [7, 11) is -3.57. The Balaban J connectivity index is 2.32. The summed E-state index contributed by atoms with van der Waals surface area (Å²) in [6.45, 7) is 1.71. The van der Waals surface area contributed by atoms with E-state index in [-0.39, 0.29) is 10.0 Å². The van der Waals surface area contributed by atoms with Gasteiger partial charge in [-0.25, -0.2) is 8.42 Å². The van der Waals surface area contributed by atoms with Gasteiger partial charge in [-0.1, -0.05) is 6.07 Å². The molecule has 4 N–H and O–H groups in total. The molecule has 0 unspecified atom stereocenters. The highest BCUT2D eigenvalue weighted by Crippen LogP contribution is 2.23. The Morgan fingerprint density at radius 2 is 2.31 bits per heavy atom. The molecular formula is C8H10N4O2S2. The van der Waals surface area contributed by atoms with Crippen molar-refractivity contribution >= 4 is 32.9 Å². The van der Waals surface area contributed by atoms with E-state index < -0.39 is 10.0 Å². The van der Waals surface area contributed by atoms with Crippen LogP contribution in [-0.4, -0.2) is 18.6 Å². The average Bonchev–Trinajstić information content (AvgIpc) is 2.83. The first-order chi connectivity index (χ1) is 7.50. The predicted molar refractivity (Wildman–Crippen MR) is 62.9 cm³/mol. The molecule has 0 aliphatic carbocycles. The molecule has 2 aromatic rings. The molecule has 6 nitrogen and oxygen atoms in total. The molecule has 16 heavy (non-hydrogen) atoms. The van der Waals surface area contributed by atoms with Crippen LogP contribution in [0.3, 0.4) is 0 Å². The van der Waals surface area contributed by atoms with Crippen molar-refractivity contribution in [1.82, 2.24) is 10.2 Å². The minimum Gasteiger partial charge on any atom is -0.394 e. The van der Waals surface area contributed by atoms with Gasteiger partial charge in [-0.05, 0) is 18.4 Å². The van der Waals surface area contributed by atoms with Crippen LogP contribution in [0.2, 0.25) is 0 Å². The number of sulfonamides is 1. The van der Waals surface area contributed by atoms with Gasteiger partial charge in [0.2, 0.25) is 0 Å². The number of nitrogen functional groups attached to an aromatic ring is 1. The predicted octanol–water partition coefficient (Wildman–Crippen LogP) is 1.16. The van der Waals surface area contributed by atoms with Crippen molar-refractivity contribution in [2.24, 2.45) is 0 Å². The van der Waals surface area contributed by atoms with Crippen LogP contribution in [0.25, 0.3) is 0 Å². The maximum absolute atomic E-state index is 11.8. The quantitative estimate of drug-likeness (QED) is 0.769. The summed E-state index contributed by atoms with van der Waals surface area (Å²) in [5, 5.41) is 8.07. The first kappa shape index (κ1) is 11.0. The van der Waals surface area contributed by atoms with Crippen molar-refractivity contribution < 1.29 is 8.42 Å². The zero-order valence-corrected chi connectivity index (χ0v) is 10.0. The fraction of sp³-hybridized carbons (Fsp3) is 0.125. The van der Waals surface area contributed by atoms with Crippen LogP contribution < -0.4 is 10.5 Å². The van der Waals surface area contributed by atoms with Gasteiger partial charge < -0.3 is 5.73 Å². The number of nitrogens with zero attached hydrogens (tertiary/aromatic N) is 1. The van der Waals surface area contributed by atoms with Crippen LogP contribution >= 0.6 is 11.3 Å². The maximum atomic E-state index is 11.8. The average molecular weight is 258 g/mol. The van der Waals surface area contributed by atoms with E-state index in [9.17, 15) is 8.42 Å². The Bertz CT molecular complexity index is 586. The van der Waals surface area contributed by atoms with Gasteiger partial charge in [0, 0.05) is 0 Å². The number of aromatic nitrogens is 2. The number of H-pyrrole nitrogens is 1.